The van der Waals surface area contributed by atoms with E-state index in [1.165, 1.54) is 16.0 Å². The van der Waals surface area contributed by atoms with E-state index in [4.69, 9.17) is 4.74 Å². The minimum atomic E-state index is 0.0697. The van der Waals surface area contributed by atoms with Crippen LogP contribution in [0.2, 0.25) is 0 Å². The van der Waals surface area contributed by atoms with Crippen LogP contribution in [0.25, 0.3) is 22.3 Å². The molecule has 0 saturated heterocycles. The lowest BCUT2D eigenvalue weighted by atomic mass is 9.97. The van der Waals surface area contributed by atoms with E-state index in [0.717, 1.165) is 53.9 Å². The fourth-order valence-corrected chi connectivity index (χ4v) is 5.07. The van der Waals surface area contributed by atoms with Crippen LogP contribution in [0.4, 0.5) is 0 Å². The van der Waals surface area contributed by atoms with Crippen LogP contribution in [-0.4, -0.2) is 23.0 Å². The highest BCUT2D eigenvalue weighted by Gasteiger charge is 2.12. The highest BCUT2D eigenvalue weighted by atomic mass is 32.2. The highest BCUT2D eigenvalue weighted by molar-refractivity contribution is 7.99. The van der Waals surface area contributed by atoms with Gasteiger partial charge in [0.05, 0.1) is 12.7 Å². The maximum atomic E-state index is 13.6. The van der Waals surface area contributed by atoms with E-state index in [-0.39, 0.29) is 11.5 Å². The Morgan fingerprint density at radius 3 is 2.19 bits per heavy atom. The number of aryl methyl sites for hydroxylation is 3. The van der Waals surface area contributed by atoms with Gasteiger partial charge in [0.15, 0.2) is 5.43 Å². The Labute approximate surface area is 219 Å². The van der Waals surface area contributed by atoms with E-state index in [9.17, 15) is 4.79 Å². The second-order valence-corrected chi connectivity index (χ2v) is 10.6. The number of thioether (sulfide) groups is 1. The molecule has 4 aromatic rings. The van der Waals surface area contributed by atoms with E-state index in [2.05, 4.69) is 74.5 Å². The normalized spacial score (nSPS) is 11.2. The summed E-state index contributed by atoms with van der Waals surface area (Å²) in [5, 5.41) is 0. The topological polar surface area (TPSA) is 31.2 Å². The average Bonchev–Trinajstić information content (AvgIpc) is 2.89. The smallest absolute Gasteiger partial charge is 0.197 e. The summed E-state index contributed by atoms with van der Waals surface area (Å²) < 4.78 is 7.61. The van der Waals surface area contributed by atoms with Gasteiger partial charge in [-0.25, -0.2) is 0 Å². The molecule has 0 N–H and O–H groups in total. The maximum Gasteiger partial charge on any atom is 0.197 e. The lowest BCUT2D eigenvalue weighted by molar-refractivity contribution is 0.0920. The zero-order chi connectivity index (χ0) is 25.3. The molecule has 0 saturated carbocycles. The van der Waals surface area contributed by atoms with E-state index in [1.54, 1.807) is 11.8 Å². The number of pyridine rings is 1. The predicted octanol–water partition coefficient (Wildman–Crippen LogP) is 7.41. The minimum absolute atomic E-state index is 0.0697. The summed E-state index contributed by atoms with van der Waals surface area (Å²) in [5.41, 5.74) is 6.09. The van der Waals surface area contributed by atoms with Crippen LogP contribution in [0.5, 0.6) is 0 Å². The number of nitrogens with zero attached hydrogens (tertiary/aromatic N) is 1. The van der Waals surface area contributed by atoms with Crippen LogP contribution in [-0.2, 0) is 24.6 Å². The molecule has 0 aliphatic heterocycles. The Morgan fingerprint density at radius 2 is 1.47 bits per heavy atom. The Bertz CT molecular complexity index is 1310. The van der Waals surface area contributed by atoms with Gasteiger partial charge in [-0.3, -0.25) is 4.79 Å². The predicted molar refractivity (Wildman–Crippen MR) is 153 cm³/mol. The standard InChI is InChI=1S/C32H35NO2S/c1-24(2)35-19-20-36-29-17-15-27(16-18-29)30-22-33(3)23-31(32(30)34)28-14-8-13-26(21-28)12-7-11-25-9-5-4-6-10-25/h4-6,8-10,13-18,21-24H,7,11-12,19-20H2,1-3H3. The second kappa shape index (κ2) is 12.8. The van der Waals surface area contributed by atoms with E-state index in [0.29, 0.717) is 0 Å². The number of hydrogen-bond donors (Lipinski definition) is 0. The molecule has 0 aliphatic rings. The van der Waals surface area contributed by atoms with Gasteiger partial charge in [-0.05, 0) is 67.5 Å². The van der Waals surface area contributed by atoms with Crippen LogP contribution in [0.3, 0.4) is 0 Å². The van der Waals surface area contributed by atoms with E-state index < -0.39 is 0 Å². The zero-order valence-corrected chi connectivity index (χ0v) is 22.3. The van der Waals surface area contributed by atoms with E-state index >= 15 is 0 Å². The van der Waals surface area contributed by atoms with Gasteiger partial charge in [0.25, 0.3) is 0 Å². The molecular formula is C32H35NO2S. The van der Waals surface area contributed by atoms with Crippen molar-refractivity contribution in [1.82, 2.24) is 4.57 Å². The molecular weight excluding hydrogens is 462 g/mol. The third kappa shape index (κ3) is 7.22. The van der Waals surface area contributed by atoms with Crippen molar-refractivity contribution in [3.05, 3.63) is 113 Å². The molecule has 3 nitrogen and oxygen atoms in total. The van der Waals surface area contributed by atoms with Crippen molar-refractivity contribution < 1.29 is 4.74 Å². The monoisotopic (exact) mass is 497 g/mol. The molecule has 0 unspecified atom stereocenters. The van der Waals surface area contributed by atoms with Gasteiger partial charge in [-0.2, -0.15) is 0 Å². The van der Waals surface area contributed by atoms with Gasteiger partial charge < -0.3 is 9.30 Å². The molecule has 36 heavy (non-hydrogen) atoms. The summed E-state index contributed by atoms with van der Waals surface area (Å²) in [4.78, 5) is 14.7. The Morgan fingerprint density at radius 1 is 0.806 bits per heavy atom. The zero-order valence-electron chi connectivity index (χ0n) is 21.4. The van der Waals surface area contributed by atoms with Gasteiger partial charge in [-0.15, -0.1) is 11.8 Å². The fraction of sp³-hybridized carbons (Fsp3) is 0.281. The number of aromatic nitrogens is 1. The summed E-state index contributed by atoms with van der Waals surface area (Å²) in [6, 6.07) is 27.3. The van der Waals surface area contributed by atoms with Crippen LogP contribution in [0, 0.1) is 0 Å². The summed E-state index contributed by atoms with van der Waals surface area (Å²) in [7, 11) is 1.98. The van der Waals surface area contributed by atoms with Crippen molar-refractivity contribution in [2.75, 3.05) is 12.4 Å². The molecule has 3 aromatic carbocycles. The maximum absolute atomic E-state index is 13.6. The summed E-state index contributed by atoms with van der Waals surface area (Å²) >= 11 is 1.77. The molecule has 0 aliphatic carbocycles. The summed E-state index contributed by atoms with van der Waals surface area (Å²) in [6.45, 7) is 4.84. The van der Waals surface area contributed by atoms with Crippen LogP contribution in [0.15, 0.2) is 101 Å². The van der Waals surface area contributed by atoms with Crippen LogP contribution < -0.4 is 5.43 Å². The first-order chi connectivity index (χ1) is 17.5. The molecule has 0 bridgehead atoms. The van der Waals surface area contributed by atoms with Crippen LogP contribution in [0.1, 0.15) is 31.4 Å². The number of rotatable bonds is 11. The van der Waals surface area contributed by atoms with Gasteiger partial charge in [0.2, 0.25) is 0 Å². The van der Waals surface area contributed by atoms with Gasteiger partial charge in [-0.1, -0.05) is 66.7 Å². The molecule has 0 radical (unpaired) electrons. The molecule has 4 rings (SSSR count). The van der Waals surface area contributed by atoms with Gasteiger partial charge in [0.1, 0.15) is 0 Å². The van der Waals surface area contributed by atoms with Crippen molar-refractivity contribution >= 4 is 11.8 Å². The van der Waals surface area contributed by atoms with Crippen molar-refractivity contribution in [1.29, 1.82) is 0 Å². The number of ether oxygens (including phenoxy) is 1. The van der Waals surface area contributed by atoms with Gasteiger partial charge >= 0.3 is 0 Å². The summed E-state index contributed by atoms with van der Waals surface area (Å²) in [6.07, 6.45) is 7.25. The quantitative estimate of drug-likeness (QED) is 0.160. The van der Waals surface area contributed by atoms with Crippen molar-refractivity contribution in [2.24, 2.45) is 7.05 Å². The van der Waals surface area contributed by atoms with Crippen molar-refractivity contribution in [3.63, 3.8) is 0 Å². The molecule has 4 heteroatoms. The van der Waals surface area contributed by atoms with Gasteiger partial charge in [0, 0.05) is 41.2 Å². The third-order valence-corrected chi connectivity index (χ3v) is 7.11. The van der Waals surface area contributed by atoms with Crippen molar-refractivity contribution in [3.8, 4) is 22.3 Å². The molecule has 1 aromatic heterocycles. The molecule has 0 amide bonds. The number of hydrogen-bond acceptors (Lipinski definition) is 3. The first kappa shape index (κ1) is 26.0. The third-order valence-electron chi connectivity index (χ3n) is 6.14. The largest absolute Gasteiger partial charge is 0.378 e. The Hall–Kier alpha value is -3.08. The highest BCUT2D eigenvalue weighted by Crippen LogP contribution is 2.25. The minimum Gasteiger partial charge on any atom is -0.378 e. The SMILES string of the molecule is CC(C)OCCSc1ccc(-c2cn(C)cc(-c3cccc(CCCc4ccccc4)c3)c2=O)cc1. The van der Waals surface area contributed by atoms with Crippen molar-refractivity contribution in [2.45, 2.75) is 44.1 Å². The molecule has 1 heterocycles. The molecule has 0 spiro atoms. The second-order valence-electron chi connectivity index (χ2n) is 9.41. The first-order valence-corrected chi connectivity index (χ1v) is 13.7. The Balaban J connectivity index is 1.49. The van der Waals surface area contributed by atoms with E-state index in [1.807, 2.05) is 42.2 Å². The Kier molecular flexibility index (Phi) is 9.21. The number of benzene rings is 3. The molecule has 0 atom stereocenters. The fourth-order valence-electron chi connectivity index (χ4n) is 4.33. The summed E-state index contributed by atoms with van der Waals surface area (Å²) in [5.74, 6) is 0.913. The first-order valence-electron chi connectivity index (χ1n) is 12.7. The van der Waals surface area contributed by atoms with Crippen LogP contribution >= 0.6 is 11.8 Å². The molecule has 186 valence electrons. The lowest BCUT2D eigenvalue weighted by Crippen LogP contribution is -2.11. The lowest BCUT2D eigenvalue weighted by Gasteiger charge is -2.11. The molecule has 0 fully saturated rings. The average molecular weight is 498 g/mol.